The highest BCUT2D eigenvalue weighted by Gasteiger charge is 2.31. The average molecular weight is 197 g/mol. The Kier molecular flexibility index (Phi) is 3.82. The summed E-state index contributed by atoms with van der Waals surface area (Å²) < 4.78 is 0. The van der Waals surface area contributed by atoms with E-state index in [9.17, 15) is 0 Å². The van der Waals surface area contributed by atoms with Crippen molar-refractivity contribution in [1.82, 2.24) is 4.90 Å². The third-order valence-electron chi connectivity index (χ3n) is 3.91. The molecule has 0 atom stereocenters. The molecule has 0 amide bonds. The number of hydrogen-bond acceptors (Lipinski definition) is 2. The van der Waals surface area contributed by atoms with Gasteiger partial charge in [-0.05, 0) is 32.1 Å². The lowest BCUT2D eigenvalue weighted by Crippen LogP contribution is -2.46. The van der Waals surface area contributed by atoms with Gasteiger partial charge in [-0.1, -0.05) is 19.3 Å². The van der Waals surface area contributed by atoms with Gasteiger partial charge in [0.15, 0.2) is 0 Å². The van der Waals surface area contributed by atoms with Crippen molar-refractivity contribution in [3.8, 4) is 0 Å². The number of nitrogens with zero attached hydrogens (tertiary/aromatic N) is 1. The molecule has 14 heavy (non-hydrogen) atoms. The molecule has 0 saturated heterocycles. The molecule has 0 aromatic heterocycles. The molecule has 0 heterocycles. The quantitative estimate of drug-likeness (QED) is 0.730. The first-order chi connectivity index (χ1) is 6.92. The minimum atomic E-state index is 0.357. The van der Waals surface area contributed by atoms with Crippen molar-refractivity contribution in [3.63, 3.8) is 0 Å². The zero-order chi connectivity index (χ0) is 9.80. The summed E-state index contributed by atoms with van der Waals surface area (Å²) in [5, 5.41) is 8.90. The van der Waals surface area contributed by atoms with Crippen molar-refractivity contribution in [2.45, 2.75) is 63.5 Å². The van der Waals surface area contributed by atoms with Crippen LogP contribution in [0.2, 0.25) is 0 Å². The van der Waals surface area contributed by atoms with Crippen LogP contribution in [0.1, 0.15) is 51.4 Å². The fourth-order valence-electron chi connectivity index (χ4n) is 2.87. The number of aliphatic hydroxyl groups is 1. The summed E-state index contributed by atoms with van der Waals surface area (Å²) in [7, 11) is 0. The Morgan fingerprint density at radius 2 is 1.50 bits per heavy atom. The fraction of sp³-hybridized carbons (Fsp3) is 1.00. The first-order valence-corrected chi connectivity index (χ1v) is 6.28. The van der Waals surface area contributed by atoms with Gasteiger partial charge in [0.2, 0.25) is 0 Å². The Morgan fingerprint density at radius 1 is 0.929 bits per heavy atom. The zero-order valence-corrected chi connectivity index (χ0v) is 9.12. The van der Waals surface area contributed by atoms with Gasteiger partial charge in [0.05, 0.1) is 0 Å². The molecule has 0 bridgehead atoms. The largest absolute Gasteiger partial charge is 0.396 e. The fourth-order valence-corrected chi connectivity index (χ4v) is 2.87. The molecule has 2 nitrogen and oxygen atoms in total. The summed E-state index contributed by atoms with van der Waals surface area (Å²) in [6.45, 7) is 1.49. The van der Waals surface area contributed by atoms with Crippen LogP contribution in [0.15, 0.2) is 0 Å². The smallest absolute Gasteiger partial charge is 0.0443 e. The maximum absolute atomic E-state index is 8.90. The van der Waals surface area contributed by atoms with Crippen LogP contribution in [0.4, 0.5) is 0 Å². The van der Waals surface area contributed by atoms with Crippen LogP contribution >= 0.6 is 0 Å². The lowest BCUT2D eigenvalue weighted by Gasteiger charge is -2.41. The van der Waals surface area contributed by atoms with Crippen molar-refractivity contribution in [2.75, 3.05) is 13.2 Å². The van der Waals surface area contributed by atoms with Crippen LogP contribution in [0.5, 0.6) is 0 Å². The Bertz CT molecular complexity index is 162. The summed E-state index contributed by atoms with van der Waals surface area (Å²) in [6.07, 6.45) is 10.9. The van der Waals surface area contributed by atoms with E-state index in [4.69, 9.17) is 5.11 Å². The van der Waals surface area contributed by atoms with Gasteiger partial charge < -0.3 is 5.11 Å². The molecule has 0 aliphatic heterocycles. The third kappa shape index (κ3) is 2.29. The predicted molar refractivity (Wildman–Crippen MR) is 58.3 cm³/mol. The van der Waals surface area contributed by atoms with E-state index in [1.54, 1.807) is 0 Å². The maximum atomic E-state index is 8.90. The highest BCUT2D eigenvalue weighted by Crippen LogP contribution is 2.32. The standard InChI is InChI=1S/C12H23NO/c14-10-4-9-13(12-7-3-8-12)11-5-1-2-6-11/h11-12,14H,1-10H2. The van der Waals surface area contributed by atoms with Gasteiger partial charge >= 0.3 is 0 Å². The highest BCUT2D eigenvalue weighted by atomic mass is 16.3. The molecular weight excluding hydrogens is 174 g/mol. The number of rotatable bonds is 5. The van der Waals surface area contributed by atoms with E-state index in [-0.39, 0.29) is 0 Å². The van der Waals surface area contributed by atoms with Gasteiger partial charge in [-0.15, -0.1) is 0 Å². The van der Waals surface area contributed by atoms with Gasteiger partial charge in [-0.25, -0.2) is 0 Å². The molecular formula is C12H23NO. The monoisotopic (exact) mass is 197 g/mol. The van der Waals surface area contributed by atoms with Crippen LogP contribution < -0.4 is 0 Å². The van der Waals surface area contributed by atoms with Crippen LogP contribution in [-0.4, -0.2) is 35.2 Å². The Balaban J connectivity index is 1.83. The van der Waals surface area contributed by atoms with E-state index in [2.05, 4.69) is 4.90 Å². The summed E-state index contributed by atoms with van der Waals surface area (Å²) >= 11 is 0. The summed E-state index contributed by atoms with van der Waals surface area (Å²) in [5.74, 6) is 0. The third-order valence-corrected chi connectivity index (χ3v) is 3.91. The number of aliphatic hydroxyl groups excluding tert-OH is 1. The van der Waals surface area contributed by atoms with Crippen LogP contribution in [0.3, 0.4) is 0 Å². The predicted octanol–water partition coefficient (Wildman–Crippen LogP) is 2.17. The van der Waals surface area contributed by atoms with Gasteiger partial charge in [0, 0.05) is 25.2 Å². The van der Waals surface area contributed by atoms with Crippen molar-refractivity contribution >= 4 is 0 Å². The molecule has 2 aliphatic carbocycles. The normalized spacial score (nSPS) is 24.4. The van der Waals surface area contributed by atoms with E-state index in [0.717, 1.165) is 25.0 Å². The van der Waals surface area contributed by atoms with Crippen molar-refractivity contribution in [2.24, 2.45) is 0 Å². The van der Waals surface area contributed by atoms with Crippen LogP contribution in [0, 0.1) is 0 Å². The molecule has 82 valence electrons. The molecule has 1 N–H and O–H groups in total. The second kappa shape index (κ2) is 5.13. The van der Waals surface area contributed by atoms with Crippen LogP contribution in [0.25, 0.3) is 0 Å². The summed E-state index contributed by atoms with van der Waals surface area (Å²) in [5.41, 5.74) is 0. The van der Waals surface area contributed by atoms with E-state index >= 15 is 0 Å². The zero-order valence-electron chi connectivity index (χ0n) is 9.12. The molecule has 2 saturated carbocycles. The molecule has 2 heteroatoms. The molecule has 0 radical (unpaired) electrons. The summed E-state index contributed by atoms with van der Waals surface area (Å²) in [4.78, 5) is 2.70. The molecule has 0 aromatic carbocycles. The minimum Gasteiger partial charge on any atom is -0.396 e. The molecule has 2 aliphatic rings. The Hall–Kier alpha value is -0.0800. The van der Waals surface area contributed by atoms with Crippen LogP contribution in [-0.2, 0) is 0 Å². The van der Waals surface area contributed by atoms with Crippen molar-refractivity contribution in [1.29, 1.82) is 0 Å². The van der Waals surface area contributed by atoms with E-state index in [0.29, 0.717) is 6.61 Å². The lowest BCUT2D eigenvalue weighted by molar-refractivity contribution is 0.0740. The van der Waals surface area contributed by atoms with E-state index in [1.165, 1.54) is 44.9 Å². The van der Waals surface area contributed by atoms with Gasteiger partial charge in [-0.2, -0.15) is 0 Å². The second-order valence-corrected chi connectivity index (χ2v) is 4.84. The Morgan fingerprint density at radius 3 is 1.93 bits per heavy atom. The van der Waals surface area contributed by atoms with E-state index < -0.39 is 0 Å². The molecule has 0 spiro atoms. The molecule has 2 fully saturated rings. The topological polar surface area (TPSA) is 23.5 Å². The molecule has 0 unspecified atom stereocenters. The SMILES string of the molecule is OCCCN(C1CCCC1)C1CCC1. The number of hydrogen-bond donors (Lipinski definition) is 1. The van der Waals surface area contributed by atoms with Gasteiger partial charge in [-0.3, -0.25) is 4.90 Å². The first kappa shape index (κ1) is 10.4. The minimum absolute atomic E-state index is 0.357. The van der Waals surface area contributed by atoms with Crippen molar-refractivity contribution in [3.05, 3.63) is 0 Å². The Labute approximate surface area is 87.3 Å². The average Bonchev–Trinajstić information content (AvgIpc) is 2.61. The highest BCUT2D eigenvalue weighted by molar-refractivity contribution is 4.87. The molecule has 0 aromatic rings. The molecule has 2 rings (SSSR count). The van der Waals surface area contributed by atoms with Gasteiger partial charge in [0.1, 0.15) is 0 Å². The van der Waals surface area contributed by atoms with Crippen molar-refractivity contribution < 1.29 is 5.11 Å². The summed E-state index contributed by atoms with van der Waals surface area (Å²) in [6, 6.07) is 1.72. The van der Waals surface area contributed by atoms with Gasteiger partial charge in [0.25, 0.3) is 0 Å². The second-order valence-electron chi connectivity index (χ2n) is 4.84. The first-order valence-electron chi connectivity index (χ1n) is 6.28. The van der Waals surface area contributed by atoms with E-state index in [1.807, 2.05) is 0 Å². The lowest BCUT2D eigenvalue weighted by atomic mass is 9.90. The maximum Gasteiger partial charge on any atom is 0.0443 e.